The number of benzene rings is 4. The van der Waals surface area contributed by atoms with Gasteiger partial charge in [0.25, 0.3) is 5.91 Å². The molecule has 13 heteroatoms. The number of hydrogen-bond acceptors (Lipinski definition) is 8. The Labute approximate surface area is 289 Å². The van der Waals surface area contributed by atoms with E-state index in [0.29, 0.717) is 17.9 Å². The van der Waals surface area contributed by atoms with Crippen molar-refractivity contribution in [3.8, 4) is 5.75 Å². The van der Waals surface area contributed by atoms with E-state index >= 15 is 0 Å². The van der Waals surface area contributed by atoms with Crippen molar-refractivity contribution in [2.45, 2.75) is 38.1 Å². The second-order valence-corrected chi connectivity index (χ2v) is 11.2. The molecule has 0 aliphatic heterocycles. The molecule has 13 nitrogen and oxygen atoms in total. The van der Waals surface area contributed by atoms with Gasteiger partial charge in [0.1, 0.15) is 31.0 Å². The topological polar surface area (TPSA) is 190 Å². The molecule has 260 valence electrons. The maximum absolute atomic E-state index is 13.2. The molecule has 2 atom stereocenters. The molecule has 4 aromatic rings. The van der Waals surface area contributed by atoms with E-state index in [0.717, 1.165) is 16.7 Å². The number of carbonyl (C=O) groups is 5. The van der Waals surface area contributed by atoms with Crippen molar-refractivity contribution in [1.82, 2.24) is 26.7 Å². The molecule has 0 saturated carbocycles. The molecule has 0 aliphatic carbocycles. The van der Waals surface area contributed by atoms with E-state index in [4.69, 9.17) is 15.3 Å². The van der Waals surface area contributed by atoms with Crippen LogP contribution in [0.25, 0.3) is 0 Å². The number of nitrogens with one attached hydrogen (secondary N) is 5. The number of hydrogen-bond donors (Lipinski definition) is 6. The van der Waals surface area contributed by atoms with Gasteiger partial charge in [0.15, 0.2) is 0 Å². The third-order valence-corrected chi connectivity index (χ3v) is 7.38. The lowest BCUT2D eigenvalue weighted by Crippen LogP contribution is -2.53. The van der Waals surface area contributed by atoms with Crippen molar-refractivity contribution in [3.05, 3.63) is 138 Å². The fraction of sp³-hybridized carbons (Fsp3) is 0.216. The first-order valence-corrected chi connectivity index (χ1v) is 15.9. The molecule has 0 fully saturated rings. The summed E-state index contributed by atoms with van der Waals surface area (Å²) in [5, 5.41) is 10.0. The number of nitrogens with two attached hydrogens (primary N) is 1. The first-order chi connectivity index (χ1) is 24.3. The van der Waals surface area contributed by atoms with Crippen LogP contribution in [0.4, 0.5) is 4.79 Å². The zero-order valence-electron chi connectivity index (χ0n) is 27.3. The minimum Gasteiger partial charge on any atom is -0.489 e. The summed E-state index contributed by atoms with van der Waals surface area (Å²) in [4.78, 5) is 63.2. The van der Waals surface area contributed by atoms with Gasteiger partial charge in [0, 0.05) is 12.8 Å². The van der Waals surface area contributed by atoms with E-state index in [1.165, 1.54) is 0 Å². The van der Waals surface area contributed by atoms with Gasteiger partial charge in [-0.25, -0.2) is 10.6 Å². The molecule has 0 aromatic heterocycles. The lowest BCUT2D eigenvalue weighted by atomic mass is 10.1. The van der Waals surface area contributed by atoms with Crippen molar-refractivity contribution < 1.29 is 33.4 Å². The Kier molecular flexibility index (Phi) is 14.3. The number of alkyl carbamates (subject to hydrolysis) is 1. The van der Waals surface area contributed by atoms with Gasteiger partial charge in [0.05, 0.1) is 13.1 Å². The summed E-state index contributed by atoms with van der Waals surface area (Å²) in [6.07, 6.45) is -0.545. The van der Waals surface area contributed by atoms with E-state index in [9.17, 15) is 24.0 Å². The Morgan fingerprint density at radius 3 is 1.62 bits per heavy atom. The second kappa shape index (κ2) is 19.6. The fourth-order valence-electron chi connectivity index (χ4n) is 4.75. The van der Waals surface area contributed by atoms with Crippen LogP contribution in [0.15, 0.2) is 115 Å². The first-order valence-electron chi connectivity index (χ1n) is 15.9. The summed E-state index contributed by atoms with van der Waals surface area (Å²) in [6.45, 7) is -0.546. The van der Waals surface area contributed by atoms with Crippen LogP contribution in [0.3, 0.4) is 0 Å². The van der Waals surface area contributed by atoms with Gasteiger partial charge >= 0.3 is 6.09 Å². The van der Waals surface area contributed by atoms with Gasteiger partial charge in [0.2, 0.25) is 17.7 Å². The van der Waals surface area contributed by atoms with E-state index in [1.54, 1.807) is 60.7 Å². The third kappa shape index (κ3) is 12.8. The SMILES string of the molecule is NNC(=O)[C@H](Cc1ccccc1)NC(=O)CNC(=O)CNC(=O)[C@H](Cc1ccc(OCc2ccccc2)cc1)NC(=O)OCc1ccccc1. The highest BCUT2D eigenvalue weighted by atomic mass is 16.5. The van der Waals surface area contributed by atoms with Crippen LogP contribution >= 0.6 is 0 Å². The van der Waals surface area contributed by atoms with E-state index in [1.807, 2.05) is 60.0 Å². The van der Waals surface area contributed by atoms with Gasteiger partial charge in [-0.3, -0.25) is 24.6 Å². The average Bonchev–Trinajstić information content (AvgIpc) is 3.15. The van der Waals surface area contributed by atoms with Crippen LogP contribution in [0.1, 0.15) is 22.3 Å². The predicted octanol–water partition coefficient (Wildman–Crippen LogP) is 2.05. The minimum atomic E-state index is -1.10. The lowest BCUT2D eigenvalue weighted by molar-refractivity contribution is -0.130. The predicted molar refractivity (Wildman–Crippen MR) is 185 cm³/mol. The van der Waals surface area contributed by atoms with Crippen LogP contribution in [-0.4, -0.2) is 54.9 Å². The van der Waals surface area contributed by atoms with Gasteiger partial charge in [-0.1, -0.05) is 103 Å². The molecule has 0 radical (unpaired) electrons. The number of carbonyl (C=O) groups excluding carboxylic acids is 5. The smallest absolute Gasteiger partial charge is 0.408 e. The van der Waals surface area contributed by atoms with Crippen LogP contribution in [-0.2, 0) is 50.0 Å². The average molecular weight is 681 g/mol. The van der Waals surface area contributed by atoms with Crippen LogP contribution in [0.5, 0.6) is 5.75 Å². The Morgan fingerprint density at radius 2 is 1.04 bits per heavy atom. The molecular weight excluding hydrogens is 640 g/mol. The van der Waals surface area contributed by atoms with Gasteiger partial charge < -0.3 is 30.7 Å². The second-order valence-electron chi connectivity index (χ2n) is 11.2. The molecule has 0 bridgehead atoms. The highest BCUT2D eigenvalue weighted by Gasteiger charge is 2.24. The fourth-order valence-corrected chi connectivity index (χ4v) is 4.75. The van der Waals surface area contributed by atoms with Crippen LogP contribution < -0.4 is 37.3 Å². The van der Waals surface area contributed by atoms with Gasteiger partial charge in [-0.15, -0.1) is 0 Å². The lowest BCUT2D eigenvalue weighted by Gasteiger charge is -2.19. The Hall–Kier alpha value is -6.21. The highest BCUT2D eigenvalue weighted by molar-refractivity contribution is 5.92. The zero-order chi connectivity index (χ0) is 35.6. The first kappa shape index (κ1) is 36.6. The van der Waals surface area contributed by atoms with Crippen molar-refractivity contribution in [3.63, 3.8) is 0 Å². The van der Waals surface area contributed by atoms with Crippen molar-refractivity contribution in [2.75, 3.05) is 13.1 Å². The summed E-state index contributed by atoms with van der Waals surface area (Å²) in [5.41, 5.74) is 5.33. The maximum atomic E-state index is 13.2. The molecule has 0 aliphatic rings. The summed E-state index contributed by atoms with van der Waals surface area (Å²) in [5.74, 6) is 3.36. The zero-order valence-corrected chi connectivity index (χ0v) is 27.3. The molecule has 7 N–H and O–H groups in total. The van der Waals surface area contributed by atoms with Crippen molar-refractivity contribution in [1.29, 1.82) is 0 Å². The van der Waals surface area contributed by atoms with Gasteiger partial charge in [-0.05, 0) is 34.4 Å². The Morgan fingerprint density at radius 1 is 0.540 bits per heavy atom. The number of ether oxygens (including phenoxy) is 2. The third-order valence-electron chi connectivity index (χ3n) is 7.38. The highest BCUT2D eigenvalue weighted by Crippen LogP contribution is 2.16. The monoisotopic (exact) mass is 680 g/mol. The number of rotatable bonds is 17. The normalized spacial score (nSPS) is 11.6. The molecule has 4 rings (SSSR count). The van der Waals surface area contributed by atoms with E-state index < -0.39 is 54.9 Å². The quantitative estimate of drug-likeness (QED) is 0.0555. The molecule has 5 amide bonds. The molecule has 0 spiro atoms. The van der Waals surface area contributed by atoms with Crippen molar-refractivity contribution in [2.24, 2.45) is 5.84 Å². The molecule has 50 heavy (non-hydrogen) atoms. The summed E-state index contributed by atoms with van der Waals surface area (Å²) < 4.78 is 11.2. The number of amides is 5. The molecule has 0 heterocycles. The van der Waals surface area contributed by atoms with Gasteiger partial charge in [-0.2, -0.15) is 0 Å². The maximum Gasteiger partial charge on any atom is 0.408 e. The summed E-state index contributed by atoms with van der Waals surface area (Å²) >= 11 is 0. The van der Waals surface area contributed by atoms with Crippen LogP contribution in [0, 0.1) is 0 Å². The summed E-state index contributed by atoms with van der Waals surface area (Å²) in [7, 11) is 0. The minimum absolute atomic E-state index is 0.00191. The molecular formula is C37H40N6O7. The summed E-state index contributed by atoms with van der Waals surface area (Å²) in [6, 6.07) is 32.8. The molecule has 0 unspecified atom stereocenters. The standard InChI is InChI=1S/C37H40N6O7/c38-43-36(47)32(20-26-10-4-1-5-11-26)41-34(45)23-39-33(44)22-40-35(46)31(42-37(48)50-25-29-14-8-3-9-15-29)21-27-16-18-30(19-17-27)49-24-28-12-6-2-7-13-28/h1-19,31-32H,20-25,38H2,(H,39,44)(H,40,46)(H,41,45)(H,42,48)(H,43,47)/t31-,32-/m0/s1. The van der Waals surface area contributed by atoms with E-state index in [2.05, 4.69) is 21.3 Å². The molecule has 0 saturated heterocycles. The van der Waals surface area contributed by atoms with E-state index in [-0.39, 0.29) is 19.4 Å². The molecule has 4 aromatic carbocycles. The Bertz CT molecular complexity index is 1690. The largest absolute Gasteiger partial charge is 0.489 e. The van der Waals surface area contributed by atoms with Crippen molar-refractivity contribution >= 4 is 29.7 Å². The number of hydrazine groups is 1. The van der Waals surface area contributed by atoms with Crippen LogP contribution in [0.2, 0.25) is 0 Å². The Balaban J connectivity index is 1.30.